The quantitative estimate of drug-likeness (QED) is 0.534. The van der Waals surface area contributed by atoms with Crippen LogP contribution in [0.25, 0.3) is 11.3 Å². The summed E-state index contributed by atoms with van der Waals surface area (Å²) >= 11 is 0. The Kier molecular flexibility index (Phi) is 7.08. The van der Waals surface area contributed by atoms with E-state index in [-0.39, 0.29) is 34.6 Å². The highest BCUT2D eigenvalue weighted by atomic mass is 32.2. The summed E-state index contributed by atoms with van der Waals surface area (Å²) in [6, 6.07) is 8.79. The maximum Gasteiger partial charge on any atom is 0.242 e. The zero-order valence-corrected chi connectivity index (χ0v) is 19.9. The van der Waals surface area contributed by atoms with Crippen LogP contribution in [0.2, 0.25) is 0 Å². The summed E-state index contributed by atoms with van der Waals surface area (Å²) < 4.78 is 43.2. The first-order valence-electron chi connectivity index (χ1n) is 11.2. The Morgan fingerprint density at radius 3 is 2.38 bits per heavy atom. The first-order valence-corrected chi connectivity index (χ1v) is 12.7. The van der Waals surface area contributed by atoms with E-state index in [0.717, 1.165) is 11.1 Å². The van der Waals surface area contributed by atoms with Crippen LogP contribution in [0.3, 0.4) is 0 Å². The largest absolute Gasteiger partial charge is 0.349 e. The number of aromatic nitrogens is 3. The highest BCUT2D eigenvalue weighted by molar-refractivity contribution is 7.89. The molecule has 0 bridgehead atoms. The second-order valence-electron chi connectivity index (χ2n) is 8.73. The number of hydrogen-bond donors (Lipinski definition) is 2. The van der Waals surface area contributed by atoms with E-state index in [1.807, 2.05) is 13.1 Å². The number of aryl methyl sites for hydroxylation is 1. The first kappa shape index (κ1) is 24.0. The number of carbonyl (C=O) groups excluding carboxylic acids is 1. The number of hydrogen-bond acceptors (Lipinski definition) is 5. The maximum atomic E-state index is 13.1. The zero-order valence-electron chi connectivity index (χ0n) is 19.1. The molecule has 10 heteroatoms. The summed E-state index contributed by atoms with van der Waals surface area (Å²) in [4.78, 5) is 17.0. The van der Waals surface area contributed by atoms with Crippen molar-refractivity contribution in [2.75, 3.05) is 0 Å². The Morgan fingerprint density at radius 1 is 1.09 bits per heavy atom. The van der Waals surface area contributed by atoms with Gasteiger partial charge in [-0.2, -0.15) is 5.10 Å². The molecule has 34 heavy (non-hydrogen) atoms. The molecule has 1 saturated carbocycles. The minimum Gasteiger partial charge on any atom is -0.349 e. The summed E-state index contributed by atoms with van der Waals surface area (Å²) in [5, 5.41) is 7.08. The molecular weight excluding hydrogens is 457 g/mol. The fraction of sp³-hybridized carbons (Fsp3) is 0.375. The Balaban J connectivity index is 1.29. The number of halogens is 1. The van der Waals surface area contributed by atoms with E-state index in [9.17, 15) is 17.6 Å². The van der Waals surface area contributed by atoms with Gasteiger partial charge in [0.05, 0.1) is 17.9 Å². The van der Waals surface area contributed by atoms with Crippen molar-refractivity contribution in [3.63, 3.8) is 0 Å². The summed E-state index contributed by atoms with van der Waals surface area (Å²) in [5.74, 6) is -0.555. The van der Waals surface area contributed by atoms with Gasteiger partial charge in [-0.15, -0.1) is 0 Å². The Labute approximate surface area is 198 Å². The topological polar surface area (TPSA) is 106 Å². The monoisotopic (exact) mass is 485 g/mol. The summed E-state index contributed by atoms with van der Waals surface area (Å²) in [6.07, 6.45) is 7.15. The number of nitrogens with one attached hydrogen (secondary N) is 2. The van der Waals surface area contributed by atoms with Crippen LogP contribution in [-0.2, 0) is 21.9 Å². The van der Waals surface area contributed by atoms with Gasteiger partial charge in [-0.1, -0.05) is 12.1 Å². The normalized spacial score (nSPS) is 19.5. The van der Waals surface area contributed by atoms with Crippen LogP contribution in [-0.4, -0.2) is 35.1 Å². The lowest BCUT2D eigenvalue weighted by atomic mass is 9.85. The summed E-state index contributed by atoms with van der Waals surface area (Å²) in [7, 11) is -1.91. The molecule has 1 fully saturated rings. The van der Waals surface area contributed by atoms with Gasteiger partial charge < -0.3 is 5.32 Å². The predicted octanol–water partition coefficient (Wildman–Crippen LogP) is 3.34. The number of amides is 1. The van der Waals surface area contributed by atoms with Gasteiger partial charge in [0.25, 0.3) is 0 Å². The number of benzene rings is 1. The summed E-state index contributed by atoms with van der Waals surface area (Å²) in [5.41, 5.74) is 2.29. The molecule has 2 aromatic heterocycles. The van der Waals surface area contributed by atoms with Crippen molar-refractivity contribution in [3.05, 3.63) is 66.4 Å². The molecule has 1 aliphatic rings. The molecule has 0 spiro atoms. The lowest BCUT2D eigenvalue weighted by Crippen LogP contribution is -2.41. The average Bonchev–Trinajstić information content (AvgIpc) is 3.26. The van der Waals surface area contributed by atoms with Gasteiger partial charge >= 0.3 is 0 Å². The van der Waals surface area contributed by atoms with Crippen LogP contribution >= 0.6 is 0 Å². The van der Waals surface area contributed by atoms with Crippen LogP contribution in [0, 0.1) is 11.7 Å². The van der Waals surface area contributed by atoms with Crippen molar-refractivity contribution in [2.45, 2.75) is 49.6 Å². The highest BCUT2D eigenvalue weighted by Crippen LogP contribution is 2.27. The molecule has 1 aliphatic carbocycles. The van der Waals surface area contributed by atoms with E-state index in [0.29, 0.717) is 31.4 Å². The second kappa shape index (κ2) is 10.0. The van der Waals surface area contributed by atoms with Gasteiger partial charge in [0.1, 0.15) is 10.7 Å². The second-order valence-corrected chi connectivity index (χ2v) is 10.4. The number of pyridine rings is 1. The average molecular weight is 486 g/mol. The van der Waals surface area contributed by atoms with Crippen LogP contribution < -0.4 is 10.0 Å². The third-order valence-electron chi connectivity index (χ3n) is 6.20. The van der Waals surface area contributed by atoms with Crippen LogP contribution in [0.5, 0.6) is 0 Å². The minimum atomic E-state index is -3.71. The molecule has 8 nitrogen and oxygen atoms in total. The van der Waals surface area contributed by atoms with Crippen molar-refractivity contribution in [3.8, 4) is 11.3 Å². The molecule has 1 atom stereocenters. The molecule has 0 saturated heterocycles. The third-order valence-corrected chi connectivity index (χ3v) is 7.70. The number of rotatable bonds is 7. The van der Waals surface area contributed by atoms with Crippen molar-refractivity contribution >= 4 is 15.9 Å². The maximum absolute atomic E-state index is 13.1. The number of sulfonamides is 1. The SMILES string of the molecule is C[C@@H](NC(=O)C1CCC(NS(=O)(=O)c2ccc(-c3cnn(C)c3)nc2)CC1)c1ccc(F)cc1. The fourth-order valence-electron chi connectivity index (χ4n) is 4.19. The molecule has 0 unspecified atom stereocenters. The smallest absolute Gasteiger partial charge is 0.242 e. The minimum absolute atomic E-state index is 0.0617. The van der Waals surface area contributed by atoms with Gasteiger partial charge in [-0.05, 0) is 62.4 Å². The van der Waals surface area contributed by atoms with E-state index in [1.54, 1.807) is 36.1 Å². The van der Waals surface area contributed by atoms with Crippen LogP contribution in [0.15, 0.2) is 59.9 Å². The van der Waals surface area contributed by atoms with E-state index in [4.69, 9.17) is 0 Å². The van der Waals surface area contributed by atoms with Crippen LogP contribution in [0.4, 0.5) is 4.39 Å². The van der Waals surface area contributed by atoms with Crippen molar-refractivity contribution in [2.24, 2.45) is 13.0 Å². The first-order chi connectivity index (χ1) is 16.2. The molecule has 1 aromatic carbocycles. The molecule has 3 aromatic rings. The zero-order chi connectivity index (χ0) is 24.3. The standard InChI is InChI=1S/C24H28FN5O3S/c1-16(17-3-7-20(25)8-4-17)28-24(31)18-5-9-21(10-6-18)29-34(32,33)22-11-12-23(26-14-22)19-13-27-30(2)15-19/h3-4,7-8,11-16,18,21,29H,5-6,9-10H2,1-2H3,(H,28,31)/t16-,18?,21?/m1/s1. The van der Waals surface area contributed by atoms with E-state index in [2.05, 4.69) is 20.1 Å². The van der Waals surface area contributed by atoms with Gasteiger partial charge in [0, 0.05) is 37.0 Å². The molecule has 2 heterocycles. The van der Waals surface area contributed by atoms with Gasteiger partial charge in [0.2, 0.25) is 15.9 Å². The molecule has 4 rings (SSSR count). The van der Waals surface area contributed by atoms with E-state index in [1.165, 1.54) is 24.4 Å². The van der Waals surface area contributed by atoms with Crippen molar-refractivity contribution in [1.82, 2.24) is 24.8 Å². The molecule has 1 amide bonds. The fourth-order valence-corrected chi connectivity index (χ4v) is 5.44. The molecule has 180 valence electrons. The van der Waals surface area contributed by atoms with E-state index >= 15 is 0 Å². The van der Waals surface area contributed by atoms with Crippen molar-refractivity contribution in [1.29, 1.82) is 0 Å². The lowest BCUT2D eigenvalue weighted by molar-refractivity contribution is -0.126. The van der Waals surface area contributed by atoms with Gasteiger partial charge in [-0.25, -0.2) is 17.5 Å². The highest BCUT2D eigenvalue weighted by Gasteiger charge is 2.30. The van der Waals surface area contributed by atoms with Gasteiger partial charge in [-0.3, -0.25) is 14.5 Å². The Hall–Kier alpha value is -3.11. The van der Waals surface area contributed by atoms with Crippen molar-refractivity contribution < 1.29 is 17.6 Å². The lowest BCUT2D eigenvalue weighted by Gasteiger charge is -2.29. The third kappa shape index (κ3) is 5.68. The Morgan fingerprint density at radius 2 is 1.79 bits per heavy atom. The number of carbonyl (C=O) groups is 1. The Bertz CT molecular complexity index is 1230. The van der Waals surface area contributed by atoms with E-state index < -0.39 is 10.0 Å². The predicted molar refractivity (Wildman–Crippen MR) is 125 cm³/mol. The molecule has 0 aliphatic heterocycles. The van der Waals surface area contributed by atoms with Crippen LogP contribution in [0.1, 0.15) is 44.2 Å². The molecular formula is C24H28FN5O3S. The number of nitrogens with zero attached hydrogens (tertiary/aromatic N) is 3. The molecule has 2 N–H and O–H groups in total. The summed E-state index contributed by atoms with van der Waals surface area (Å²) in [6.45, 7) is 1.86. The molecule has 0 radical (unpaired) electrons. The van der Waals surface area contributed by atoms with Gasteiger partial charge in [0.15, 0.2) is 0 Å².